The van der Waals surface area contributed by atoms with Crippen LogP contribution in [0, 0.1) is 10.8 Å². The lowest BCUT2D eigenvalue weighted by atomic mass is 9.72. The van der Waals surface area contributed by atoms with Crippen molar-refractivity contribution >= 4 is 11.9 Å². The molecule has 0 saturated carbocycles. The number of hydrogen-bond acceptors (Lipinski definition) is 5. The van der Waals surface area contributed by atoms with E-state index in [9.17, 15) is 9.59 Å². The fraction of sp³-hybridized carbons (Fsp3) is 0.875. The van der Waals surface area contributed by atoms with Crippen LogP contribution in [0.4, 0.5) is 0 Å². The number of aliphatic hydroxyl groups is 1. The highest BCUT2D eigenvalue weighted by Gasteiger charge is 2.42. The molecule has 0 aliphatic heterocycles. The lowest BCUT2D eigenvalue weighted by Crippen LogP contribution is -2.39. The van der Waals surface area contributed by atoms with E-state index in [2.05, 4.69) is 0 Å². The van der Waals surface area contributed by atoms with Crippen LogP contribution in [0.3, 0.4) is 0 Å². The van der Waals surface area contributed by atoms with Crippen molar-refractivity contribution in [3.05, 3.63) is 0 Å². The van der Waals surface area contributed by atoms with Crippen molar-refractivity contribution in [2.24, 2.45) is 10.8 Å². The van der Waals surface area contributed by atoms with Crippen LogP contribution < -0.4 is 0 Å². The van der Waals surface area contributed by atoms with Gasteiger partial charge in [-0.25, -0.2) is 0 Å². The molecule has 0 aromatic rings. The molecular formula is C16H30O5. The molecule has 0 bridgehead atoms. The van der Waals surface area contributed by atoms with E-state index in [0.717, 1.165) is 12.8 Å². The summed E-state index contributed by atoms with van der Waals surface area (Å²) in [7, 11) is 0. The fourth-order valence-electron chi connectivity index (χ4n) is 2.21. The lowest BCUT2D eigenvalue weighted by molar-refractivity contribution is -0.163. The van der Waals surface area contributed by atoms with E-state index in [-0.39, 0.29) is 25.2 Å². The van der Waals surface area contributed by atoms with E-state index in [1.165, 1.54) is 0 Å². The van der Waals surface area contributed by atoms with Crippen molar-refractivity contribution in [1.82, 2.24) is 0 Å². The van der Waals surface area contributed by atoms with Crippen molar-refractivity contribution in [2.75, 3.05) is 19.8 Å². The molecule has 5 heteroatoms. The third-order valence-corrected chi connectivity index (χ3v) is 3.71. The standard InChI is InChI=1S/C16H30O5/c1-6-8-10-20-13(18)15(3,4)12-16(5,7-2)14(19)21-11-9-17/h17H,6-12H2,1-5H3. The van der Waals surface area contributed by atoms with Gasteiger partial charge in [0, 0.05) is 0 Å². The Morgan fingerprint density at radius 2 is 1.57 bits per heavy atom. The van der Waals surface area contributed by atoms with Gasteiger partial charge < -0.3 is 14.6 Å². The Morgan fingerprint density at radius 3 is 2.05 bits per heavy atom. The smallest absolute Gasteiger partial charge is 0.311 e. The number of unbranched alkanes of at least 4 members (excludes halogenated alkanes) is 1. The van der Waals surface area contributed by atoms with Gasteiger partial charge in [-0.3, -0.25) is 9.59 Å². The summed E-state index contributed by atoms with van der Waals surface area (Å²) in [6, 6.07) is 0. The Labute approximate surface area is 128 Å². The maximum atomic E-state index is 12.2. The molecule has 0 amide bonds. The Balaban J connectivity index is 4.75. The van der Waals surface area contributed by atoms with Crippen LogP contribution in [-0.4, -0.2) is 36.9 Å². The van der Waals surface area contributed by atoms with E-state index in [4.69, 9.17) is 14.6 Å². The third kappa shape index (κ3) is 6.46. The van der Waals surface area contributed by atoms with Crippen molar-refractivity contribution < 1.29 is 24.2 Å². The first-order chi connectivity index (χ1) is 9.73. The van der Waals surface area contributed by atoms with Gasteiger partial charge in [0.15, 0.2) is 0 Å². The monoisotopic (exact) mass is 302 g/mol. The van der Waals surface area contributed by atoms with E-state index in [1.807, 2.05) is 13.8 Å². The minimum absolute atomic E-state index is 0.0181. The van der Waals surface area contributed by atoms with Crippen LogP contribution in [-0.2, 0) is 19.1 Å². The largest absolute Gasteiger partial charge is 0.465 e. The fourth-order valence-corrected chi connectivity index (χ4v) is 2.21. The Hall–Kier alpha value is -1.10. The third-order valence-electron chi connectivity index (χ3n) is 3.71. The molecule has 21 heavy (non-hydrogen) atoms. The van der Waals surface area contributed by atoms with Crippen LogP contribution in [0.2, 0.25) is 0 Å². The Kier molecular flexibility index (Phi) is 8.55. The molecule has 1 N–H and O–H groups in total. The molecule has 0 spiro atoms. The van der Waals surface area contributed by atoms with Gasteiger partial charge in [-0.1, -0.05) is 20.3 Å². The van der Waals surface area contributed by atoms with E-state index in [0.29, 0.717) is 19.4 Å². The van der Waals surface area contributed by atoms with Gasteiger partial charge in [-0.15, -0.1) is 0 Å². The number of ether oxygens (including phenoxy) is 2. The highest BCUT2D eigenvalue weighted by atomic mass is 16.5. The summed E-state index contributed by atoms with van der Waals surface area (Å²) in [5.74, 6) is -0.668. The summed E-state index contributed by atoms with van der Waals surface area (Å²) in [6.45, 7) is 9.47. The summed E-state index contributed by atoms with van der Waals surface area (Å²) in [4.78, 5) is 24.3. The van der Waals surface area contributed by atoms with Crippen LogP contribution in [0.1, 0.15) is 60.3 Å². The number of rotatable bonds is 10. The maximum absolute atomic E-state index is 12.2. The molecule has 0 aromatic heterocycles. The van der Waals surface area contributed by atoms with E-state index in [1.54, 1.807) is 20.8 Å². The second-order valence-electron chi connectivity index (χ2n) is 6.32. The van der Waals surface area contributed by atoms with Crippen LogP contribution in [0.5, 0.6) is 0 Å². The van der Waals surface area contributed by atoms with Crippen molar-refractivity contribution in [2.45, 2.75) is 60.3 Å². The molecule has 0 aromatic carbocycles. The van der Waals surface area contributed by atoms with Gasteiger partial charge in [-0.2, -0.15) is 0 Å². The van der Waals surface area contributed by atoms with Crippen LogP contribution >= 0.6 is 0 Å². The van der Waals surface area contributed by atoms with Gasteiger partial charge in [0.25, 0.3) is 0 Å². The molecule has 124 valence electrons. The summed E-state index contributed by atoms with van der Waals surface area (Å²) < 4.78 is 10.3. The molecule has 0 aliphatic rings. The van der Waals surface area contributed by atoms with Crippen LogP contribution in [0.25, 0.3) is 0 Å². The molecule has 0 rings (SSSR count). The molecule has 1 unspecified atom stereocenters. The summed E-state index contributed by atoms with van der Waals surface area (Å²) in [5.41, 5.74) is -1.51. The highest BCUT2D eigenvalue weighted by molar-refractivity contribution is 5.80. The normalized spacial score (nSPS) is 14.4. The number of carbonyl (C=O) groups excluding carboxylic acids is 2. The molecule has 0 heterocycles. The first kappa shape index (κ1) is 19.9. The molecule has 0 radical (unpaired) electrons. The summed E-state index contributed by atoms with van der Waals surface area (Å²) in [5, 5.41) is 8.74. The van der Waals surface area contributed by atoms with E-state index >= 15 is 0 Å². The zero-order valence-electron chi connectivity index (χ0n) is 14.0. The summed E-state index contributed by atoms with van der Waals surface area (Å²) in [6.07, 6.45) is 2.72. The molecular weight excluding hydrogens is 272 g/mol. The highest BCUT2D eigenvalue weighted by Crippen LogP contribution is 2.38. The molecule has 0 fully saturated rings. The number of esters is 2. The maximum Gasteiger partial charge on any atom is 0.311 e. The van der Waals surface area contributed by atoms with Gasteiger partial charge >= 0.3 is 11.9 Å². The average molecular weight is 302 g/mol. The van der Waals surface area contributed by atoms with Crippen molar-refractivity contribution in [3.63, 3.8) is 0 Å². The van der Waals surface area contributed by atoms with Gasteiger partial charge in [-0.05, 0) is 40.0 Å². The lowest BCUT2D eigenvalue weighted by Gasteiger charge is -2.33. The minimum atomic E-state index is -0.761. The molecule has 0 aliphatic carbocycles. The molecule has 1 atom stereocenters. The van der Waals surface area contributed by atoms with Crippen LogP contribution in [0.15, 0.2) is 0 Å². The number of hydrogen-bond donors (Lipinski definition) is 1. The zero-order valence-corrected chi connectivity index (χ0v) is 14.0. The zero-order chi connectivity index (χ0) is 16.5. The average Bonchev–Trinajstić information content (AvgIpc) is 2.44. The molecule has 5 nitrogen and oxygen atoms in total. The second kappa shape index (κ2) is 9.03. The van der Waals surface area contributed by atoms with Gasteiger partial charge in [0.05, 0.1) is 24.0 Å². The second-order valence-corrected chi connectivity index (χ2v) is 6.32. The van der Waals surface area contributed by atoms with Gasteiger partial charge in [0.2, 0.25) is 0 Å². The SMILES string of the molecule is CCCCOC(=O)C(C)(C)CC(C)(CC)C(=O)OCCO. The topological polar surface area (TPSA) is 72.8 Å². The quantitative estimate of drug-likeness (QED) is 0.496. The summed E-state index contributed by atoms with van der Waals surface area (Å²) >= 11 is 0. The predicted molar refractivity (Wildman–Crippen MR) is 80.7 cm³/mol. The van der Waals surface area contributed by atoms with Crippen molar-refractivity contribution in [1.29, 1.82) is 0 Å². The number of carbonyl (C=O) groups is 2. The Bertz CT molecular complexity index is 338. The Morgan fingerprint density at radius 1 is 1.00 bits per heavy atom. The van der Waals surface area contributed by atoms with Gasteiger partial charge in [0.1, 0.15) is 6.61 Å². The van der Waals surface area contributed by atoms with Crippen molar-refractivity contribution in [3.8, 4) is 0 Å². The minimum Gasteiger partial charge on any atom is -0.465 e. The van der Waals surface area contributed by atoms with E-state index < -0.39 is 10.8 Å². The molecule has 0 saturated heterocycles. The number of aliphatic hydroxyl groups excluding tert-OH is 1. The first-order valence-electron chi connectivity index (χ1n) is 7.68. The predicted octanol–water partition coefficient (Wildman–Crippen LogP) is 2.70. The first-order valence-corrected chi connectivity index (χ1v) is 7.68.